The van der Waals surface area contributed by atoms with Gasteiger partial charge >= 0.3 is 0 Å². The van der Waals surface area contributed by atoms with Crippen LogP contribution >= 0.6 is 43.6 Å². The molecule has 0 bridgehead atoms. The van der Waals surface area contributed by atoms with Gasteiger partial charge in [0, 0.05) is 10.2 Å². The molecule has 0 atom stereocenters. The summed E-state index contributed by atoms with van der Waals surface area (Å²) in [6, 6.07) is 18.3. The Balaban J connectivity index is 1.47. The van der Waals surface area contributed by atoms with Crippen molar-refractivity contribution in [1.82, 2.24) is 4.90 Å². The van der Waals surface area contributed by atoms with Gasteiger partial charge in [0.1, 0.15) is 0 Å². The largest absolute Gasteiger partial charge is 0.493 e. The molecular formula is C27H22Br2N2O5S. The maximum atomic E-state index is 13.0. The minimum atomic E-state index is -0.367. The van der Waals surface area contributed by atoms with E-state index in [-0.39, 0.29) is 30.2 Å². The van der Waals surface area contributed by atoms with E-state index >= 15 is 0 Å². The van der Waals surface area contributed by atoms with Crippen molar-refractivity contribution in [1.29, 1.82) is 0 Å². The monoisotopic (exact) mass is 644 g/mol. The quantitative estimate of drug-likeness (QED) is 0.272. The lowest BCUT2D eigenvalue weighted by Gasteiger charge is -2.14. The van der Waals surface area contributed by atoms with Gasteiger partial charge in [0.2, 0.25) is 0 Å². The smallest absolute Gasteiger partial charge is 0.293 e. The van der Waals surface area contributed by atoms with Crippen LogP contribution in [0.15, 0.2) is 74.5 Å². The summed E-state index contributed by atoms with van der Waals surface area (Å²) >= 11 is 7.81. The van der Waals surface area contributed by atoms with Crippen LogP contribution in [0, 0.1) is 6.92 Å². The molecule has 3 aromatic rings. The number of thioether (sulfide) groups is 1. The van der Waals surface area contributed by atoms with Crippen LogP contribution in [0.2, 0.25) is 0 Å². The van der Waals surface area contributed by atoms with E-state index < -0.39 is 0 Å². The van der Waals surface area contributed by atoms with Crippen molar-refractivity contribution in [2.75, 3.05) is 19.0 Å². The number of benzene rings is 3. The Morgan fingerprint density at radius 2 is 1.84 bits per heavy atom. The summed E-state index contributed by atoms with van der Waals surface area (Å²) in [5.41, 5.74) is 3.18. The number of nitrogens with one attached hydrogen (secondary N) is 1. The standard InChI is InChI=1S/C27H22Br2N2O5S/c1-16-6-5-8-19(10-16)30-24(32)15-36-25-21(29)11-17(12-22(25)35-2)13-23-26(33)31(27(34)37-23)14-18-7-3-4-9-20(18)28/h3-13H,14-15H2,1-2H3,(H,30,32)/b23-13-. The molecule has 0 radical (unpaired) electrons. The van der Waals surface area contributed by atoms with Crippen molar-refractivity contribution in [3.63, 3.8) is 0 Å². The lowest BCUT2D eigenvalue weighted by Crippen LogP contribution is -2.27. The number of carbonyl (C=O) groups excluding carboxylic acids is 3. The van der Waals surface area contributed by atoms with E-state index in [1.807, 2.05) is 49.4 Å². The first-order valence-electron chi connectivity index (χ1n) is 11.1. The normalized spacial score (nSPS) is 14.3. The van der Waals surface area contributed by atoms with Gasteiger partial charge in [-0.15, -0.1) is 0 Å². The second-order valence-electron chi connectivity index (χ2n) is 8.10. The average Bonchev–Trinajstić information content (AvgIpc) is 3.11. The molecule has 4 rings (SSSR count). The topological polar surface area (TPSA) is 84.9 Å². The van der Waals surface area contributed by atoms with E-state index in [0.29, 0.717) is 32.1 Å². The molecule has 1 fully saturated rings. The molecule has 3 aromatic carbocycles. The van der Waals surface area contributed by atoms with Crippen LogP contribution in [-0.2, 0) is 16.1 Å². The Kier molecular flexibility index (Phi) is 8.73. The molecule has 0 aromatic heterocycles. The van der Waals surface area contributed by atoms with Gasteiger partial charge in [0.15, 0.2) is 18.1 Å². The van der Waals surface area contributed by atoms with E-state index in [0.717, 1.165) is 27.4 Å². The number of amides is 3. The summed E-state index contributed by atoms with van der Waals surface area (Å²) in [5.74, 6) is 0.0360. The zero-order valence-corrected chi connectivity index (χ0v) is 23.9. The Morgan fingerprint density at radius 1 is 1.05 bits per heavy atom. The van der Waals surface area contributed by atoms with Crippen molar-refractivity contribution in [2.24, 2.45) is 0 Å². The number of anilines is 1. The molecule has 1 aliphatic rings. The fourth-order valence-corrected chi connectivity index (χ4v) is 5.43. The number of imide groups is 1. The third kappa shape index (κ3) is 6.63. The highest BCUT2D eigenvalue weighted by atomic mass is 79.9. The second kappa shape index (κ2) is 12.0. The Bertz CT molecular complexity index is 1410. The van der Waals surface area contributed by atoms with Crippen LogP contribution in [0.3, 0.4) is 0 Å². The van der Waals surface area contributed by atoms with Crippen molar-refractivity contribution in [3.05, 3.63) is 91.2 Å². The fraction of sp³-hybridized carbons (Fsp3) is 0.148. The number of halogens is 2. The molecule has 1 aliphatic heterocycles. The Hall–Kier alpha value is -3.08. The fourth-order valence-electron chi connectivity index (χ4n) is 3.61. The minimum absolute atomic E-state index is 0.174. The van der Waals surface area contributed by atoms with E-state index in [1.165, 1.54) is 12.0 Å². The van der Waals surface area contributed by atoms with Gasteiger partial charge in [0.05, 0.1) is 23.0 Å². The first kappa shape index (κ1) is 27.0. The van der Waals surface area contributed by atoms with Crippen LogP contribution in [0.4, 0.5) is 10.5 Å². The van der Waals surface area contributed by atoms with Gasteiger partial charge in [-0.05, 0) is 87.7 Å². The summed E-state index contributed by atoms with van der Waals surface area (Å²) in [6.07, 6.45) is 1.63. The van der Waals surface area contributed by atoms with E-state index in [2.05, 4.69) is 37.2 Å². The summed E-state index contributed by atoms with van der Waals surface area (Å²) in [4.78, 5) is 39.4. The Morgan fingerprint density at radius 3 is 2.57 bits per heavy atom. The predicted octanol–water partition coefficient (Wildman–Crippen LogP) is 6.78. The van der Waals surface area contributed by atoms with Crippen molar-refractivity contribution in [3.8, 4) is 11.5 Å². The molecular weight excluding hydrogens is 624 g/mol. The van der Waals surface area contributed by atoms with Crippen LogP contribution in [0.25, 0.3) is 6.08 Å². The SMILES string of the molecule is COc1cc(/C=C2\SC(=O)N(Cc3ccccc3Br)C2=O)cc(Br)c1OCC(=O)Nc1cccc(C)c1. The first-order chi connectivity index (χ1) is 17.7. The summed E-state index contributed by atoms with van der Waals surface area (Å²) in [7, 11) is 1.48. The number of ether oxygens (including phenoxy) is 2. The number of aryl methyl sites for hydroxylation is 1. The number of methoxy groups -OCH3 is 1. The lowest BCUT2D eigenvalue weighted by molar-refractivity contribution is -0.123. The molecule has 190 valence electrons. The summed E-state index contributed by atoms with van der Waals surface area (Å²) in [6.45, 7) is 1.89. The molecule has 1 N–H and O–H groups in total. The Labute approximate surface area is 235 Å². The van der Waals surface area contributed by atoms with Gasteiger partial charge in [-0.25, -0.2) is 0 Å². The number of hydrogen-bond donors (Lipinski definition) is 1. The van der Waals surface area contributed by atoms with E-state index in [1.54, 1.807) is 24.3 Å². The molecule has 37 heavy (non-hydrogen) atoms. The van der Waals surface area contributed by atoms with Gasteiger partial charge in [-0.2, -0.15) is 0 Å². The highest BCUT2D eigenvalue weighted by molar-refractivity contribution is 9.10. The number of carbonyl (C=O) groups is 3. The van der Waals surface area contributed by atoms with Crippen molar-refractivity contribution >= 4 is 72.4 Å². The number of nitrogens with zero attached hydrogens (tertiary/aromatic N) is 1. The van der Waals surface area contributed by atoms with Gasteiger partial charge < -0.3 is 14.8 Å². The van der Waals surface area contributed by atoms with Gasteiger partial charge in [0.25, 0.3) is 17.1 Å². The molecule has 1 saturated heterocycles. The summed E-state index contributed by atoms with van der Waals surface area (Å²) < 4.78 is 12.6. The van der Waals surface area contributed by atoms with Crippen LogP contribution < -0.4 is 14.8 Å². The van der Waals surface area contributed by atoms with Crippen molar-refractivity contribution < 1.29 is 23.9 Å². The van der Waals surface area contributed by atoms with Crippen LogP contribution in [0.5, 0.6) is 11.5 Å². The molecule has 10 heteroatoms. The zero-order chi connectivity index (χ0) is 26.5. The lowest BCUT2D eigenvalue weighted by atomic mass is 10.1. The maximum absolute atomic E-state index is 13.0. The van der Waals surface area contributed by atoms with Crippen LogP contribution in [0.1, 0.15) is 16.7 Å². The second-order valence-corrected chi connectivity index (χ2v) is 10.8. The maximum Gasteiger partial charge on any atom is 0.293 e. The molecule has 0 saturated carbocycles. The summed E-state index contributed by atoms with van der Waals surface area (Å²) in [5, 5.41) is 2.46. The van der Waals surface area contributed by atoms with E-state index in [4.69, 9.17) is 9.47 Å². The van der Waals surface area contributed by atoms with E-state index in [9.17, 15) is 14.4 Å². The molecule has 7 nitrogen and oxygen atoms in total. The third-order valence-electron chi connectivity index (χ3n) is 5.36. The van der Waals surface area contributed by atoms with Gasteiger partial charge in [-0.1, -0.05) is 46.3 Å². The predicted molar refractivity (Wildman–Crippen MR) is 152 cm³/mol. The third-order valence-corrected chi connectivity index (χ3v) is 7.63. The molecule has 3 amide bonds. The minimum Gasteiger partial charge on any atom is -0.493 e. The highest BCUT2D eigenvalue weighted by Gasteiger charge is 2.35. The zero-order valence-electron chi connectivity index (χ0n) is 19.9. The first-order valence-corrected chi connectivity index (χ1v) is 13.5. The molecule has 0 unspecified atom stereocenters. The molecule has 1 heterocycles. The molecule has 0 aliphatic carbocycles. The van der Waals surface area contributed by atoms with Crippen LogP contribution in [-0.4, -0.2) is 35.7 Å². The number of hydrogen-bond acceptors (Lipinski definition) is 6. The number of rotatable bonds is 8. The molecule has 0 spiro atoms. The highest BCUT2D eigenvalue weighted by Crippen LogP contribution is 2.39. The van der Waals surface area contributed by atoms with Crippen molar-refractivity contribution in [2.45, 2.75) is 13.5 Å². The average molecular weight is 646 g/mol. The van der Waals surface area contributed by atoms with Gasteiger partial charge in [-0.3, -0.25) is 19.3 Å².